The summed E-state index contributed by atoms with van der Waals surface area (Å²) in [5.74, 6) is -0.673. The van der Waals surface area contributed by atoms with Crippen LogP contribution in [-0.4, -0.2) is 53.0 Å². The minimum absolute atomic E-state index is 0.160. The number of esters is 1. The van der Waals surface area contributed by atoms with Gasteiger partial charge < -0.3 is 14.4 Å². The summed E-state index contributed by atoms with van der Waals surface area (Å²) in [5.41, 5.74) is 2.37. The first-order valence-corrected chi connectivity index (χ1v) is 8.34. The van der Waals surface area contributed by atoms with Crippen LogP contribution in [0.2, 0.25) is 0 Å². The van der Waals surface area contributed by atoms with Gasteiger partial charge in [-0.05, 0) is 26.0 Å². The molecule has 0 atom stereocenters. The standard InChI is InChI=1S/C18H20N4O4/c1-4-25-11-20-13-8-6-7-12-16(13)22-10-19-15(18(24)26-5-2)14(22)9-21(3)17(12)23/h6-8,10-11H,4-5,9H2,1-3H3. The largest absolute Gasteiger partial charge is 0.483 e. The molecule has 0 fully saturated rings. The Balaban J connectivity index is 2.20. The number of imidazole rings is 1. The van der Waals surface area contributed by atoms with E-state index in [1.54, 1.807) is 36.7 Å². The molecule has 1 aliphatic rings. The number of aliphatic imine (C=N–C) groups is 1. The van der Waals surface area contributed by atoms with Gasteiger partial charge in [-0.15, -0.1) is 0 Å². The zero-order chi connectivity index (χ0) is 18.7. The minimum atomic E-state index is -0.513. The van der Waals surface area contributed by atoms with E-state index in [1.165, 1.54) is 17.6 Å². The Morgan fingerprint density at radius 2 is 2.15 bits per heavy atom. The second-order valence-corrected chi connectivity index (χ2v) is 5.65. The molecule has 3 rings (SSSR count). The summed E-state index contributed by atoms with van der Waals surface area (Å²) in [6, 6.07) is 5.27. The number of amides is 1. The molecule has 1 aromatic carbocycles. The molecule has 8 nitrogen and oxygen atoms in total. The quantitative estimate of drug-likeness (QED) is 0.466. The summed E-state index contributed by atoms with van der Waals surface area (Å²) in [4.78, 5) is 35.1. The van der Waals surface area contributed by atoms with Crippen molar-refractivity contribution < 1.29 is 19.1 Å². The van der Waals surface area contributed by atoms with Gasteiger partial charge in [0.2, 0.25) is 0 Å². The summed E-state index contributed by atoms with van der Waals surface area (Å²) in [6.45, 7) is 4.56. The number of aromatic nitrogens is 2. The van der Waals surface area contributed by atoms with Gasteiger partial charge in [0.1, 0.15) is 6.33 Å². The van der Waals surface area contributed by atoms with Crippen LogP contribution in [0.4, 0.5) is 5.69 Å². The zero-order valence-electron chi connectivity index (χ0n) is 14.9. The number of rotatable bonds is 5. The molecule has 0 radical (unpaired) electrons. The first kappa shape index (κ1) is 17.7. The topological polar surface area (TPSA) is 86.0 Å². The molecule has 1 aromatic heterocycles. The Kier molecular flexibility index (Phi) is 5.01. The molecule has 8 heteroatoms. The van der Waals surface area contributed by atoms with Gasteiger partial charge in [-0.2, -0.15) is 0 Å². The normalized spacial score (nSPS) is 13.3. The fraction of sp³-hybridized carbons (Fsp3) is 0.333. The highest BCUT2D eigenvalue weighted by atomic mass is 16.5. The number of benzene rings is 1. The lowest BCUT2D eigenvalue weighted by Gasteiger charge is -2.14. The monoisotopic (exact) mass is 356 g/mol. The first-order valence-electron chi connectivity index (χ1n) is 8.34. The number of carbonyl (C=O) groups excluding carboxylic acids is 2. The maximum atomic E-state index is 12.8. The minimum Gasteiger partial charge on any atom is -0.483 e. The van der Waals surface area contributed by atoms with E-state index in [9.17, 15) is 9.59 Å². The predicted molar refractivity (Wildman–Crippen MR) is 95.1 cm³/mol. The molecular weight excluding hydrogens is 336 g/mol. The molecule has 136 valence electrons. The second kappa shape index (κ2) is 7.38. The maximum Gasteiger partial charge on any atom is 0.358 e. The van der Waals surface area contributed by atoms with E-state index in [0.29, 0.717) is 29.2 Å². The SMILES string of the molecule is CCOC=Nc1cccc2c1-n1cnc(C(=O)OCC)c1CN(C)C2=O. The Morgan fingerprint density at radius 3 is 2.88 bits per heavy atom. The highest BCUT2D eigenvalue weighted by molar-refractivity contribution is 6.01. The summed E-state index contributed by atoms with van der Waals surface area (Å²) >= 11 is 0. The van der Waals surface area contributed by atoms with Crippen molar-refractivity contribution in [2.24, 2.45) is 4.99 Å². The van der Waals surface area contributed by atoms with Crippen LogP contribution in [0.3, 0.4) is 0 Å². The van der Waals surface area contributed by atoms with Crippen molar-refractivity contribution in [1.82, 2.24) is 14.5 Å². The molecule has 1 amide bonds. The van der Waals surface area contributed by atoms with E-state index >= 15 is 0 Å². The third-order valence-electron chi connectivity index (χ3n) is 3.99. The third-order valence-corrected chi connectivity index (χ3v) is 3.99. The van der Waals surface area contributed by atoms with Crippen LogP contribution in [0.1, 0.15) is 40.4 Å². The smallest absolute Gasteiger partial charge is 0.358 e. The van der Waals surface area contributed by atoms with Crippen LogP contribution in [0.5, 0.6) is 0 Å². The fourth-order valence-corrected chi connectivity index (χ4v) is 2.82. The van der Waals surface area contributed by atoms with Crippen molar-refractivity contribution in [2.45, 2.75) is 20.4 Å². The summed E-state index contributed by atoms with van der Waals surface area (Å²) in [6.07, 6.45) is 2.87. The maximum absolute atomic E-state index is 12.8. The number of para-hydroxylation sites is 1. The summed E-state index contributed by atoms with van der Waals surface area (Å²) in [5, 5.41) is 0. The van der Waals surface area contributed by atoms with Crippen molar-refractivity contribution in [1.29, 1.82) is 0 Å². The predicted octanol–water partition coefficient (Wildman–Crippen LogP) is 2.33. The van der Waals surface area contributed by atoms with E-state index in [4.69, 9.17) is 9.47 Å². The molecule has 0 bridgehead atoms. The molecule has 1 aliphatic heterocycles. The molecule has 2 aromatic rings. The van der Waals surface area contributed by atoms with Gasteiger partial charge in [0.05, 0.1) is 42.4 Å². The summed E-state index contributed by atoms with van der Waals surface area (Å²) < 4.78 is 12.0. The molecule has 0 saturated carbocycles. The van der Waals surface area contributed by atoms with Gasteiger partial charge in [0.25, 0.3) is 5.91 Å². The van der Waals surface area contributed by atoms with Gasteiger partial charge in [-0.1, -0.05) is 6.07 Å². The molecule has 0 unspecified atom stereocenters. The van der Waals surface area contributed by atoms with Crippen molar-refractivity contribution in [3.8, 4) is 5.69 Å². The first-order chi connectivity index (χ1) is 12.6. The Labute approximate surface area is 151 Å². The zero-order valence-corrected chi connectivity index (χ0v) is 14.9. The number of fused-ring (bicyclic) bond motifs is 3. The van der Waals surface area contributed by atoms with Crippen molar-refractivity contribution in [3.05, 3.63) is 41.5 Å². The number of hydrogen-bond acceptors (Lipinski definition) is 6. The Morgan fingerprint density at radius 1 is 1.35 bits per heavy atom. The van der Waals surface area contributed by atoms with E-state index < -0.39 is 5.97 Å². The average molecular weight is 356 g/mol. The van der Waals surface area contributed by atoms with E-state index in [1.807, 2.05) is 6.92 Å². The highest BCUT2D eigenvalue weighted by Crippen LogP contribution is 2.33. The van der Waals surface area contributed by atoms with Crippen LogP contribution in [0.15, 0.2) is 29.5 Å². The van der Waals surface area contributed by atoms with Gasteiger partial charge in [-0.25, -0.2) is 14.8 Å². The molecule has 0 aliphatic carbocycles. The molecule has 2 heterocycles. The van der Waals surface area contributed by atoms with Crippen LogP contribution < -0.4 is 0 Å². The second-order valence-electron chi connectivity index (χ2n) is 5.65. The Hall–Kier alpha value is -3.16. The molecular formula is C18H20N4O4. The van der Waals surface area contributed by atoms with Gasteiger partial charge in [0.15, 0.2) is 12.1 Å². The number of nitrogens with zero attached hydrogens (tertiary/aromatic N) is 4. The fourth-order valence-electron chi connectivity index (χ4n) is 2.82. The van der Waals surface area contributed by atoms with Crippen molar-refractivity contribution in [2.75, 3.05) is 20.3 Å². The number of ether oxygens (including phenoxy) is 2. The lowest BCUT2D eigenvalue weighted by Crippen LogP contribution is -2.25. The molecule has 0 N–H and O–H groups in total. The van der Waals surface area contributed by atoms with E-state index in [-0.39, 0.29) is 24.8 Å². The molecule has 0 saturated heterocycles. The van der Waals surface area contributed by atoms with Crippen LogP contribution in [0, 0.1) is 0 Å². The van der Waals surface area contributed by atoms with Crippen LogP contribution in [0.25, 0.3) is 5.69 Å². The van der Waals surface area contributed by atoms with Gasteiger partial charge >= 0.3 is 5.97 Å². The summed E-state index contributed by atoms with van der Waals surface area (Å²) in [7, 11) is 1.68. The van der Waals surface area contributed by atoms with Gasteiger partial charge in [0, 0.05) is 7.05 Å². The van der Waals surface area contributed by atoms with Crippen molar-refractivity contribution in [3.63, 3.8) is 0 Å². The lowest BCUT2D eigenvalue weighted by molar-refractivity contribution is 0.0516. The van der Waals surface area contributed by atoms with Crippen molar-refractivity contribution >= 4 is 24.0 Å². The Bertz CT molecular complexity index is 872. The number of hydrogen-bond donors (Lipinski definition) is 0. The highest BCUT2D eigenvalue weighted by Gasteiger charge is 2.30. The van der Waals surface area contributed by atoms with Crippen LogP contribution >= 0.6 is 0 Å². The van der Waals surface area contributed by atoms with Gasteiger partial charge in [-0.3, -0.25) is 9.36 Å². The lowest BCUT2D eigenvalue weighted by atomic mass is 10.1. The van der Waals surface area contributed by atoms with E-state index in [2.05, 4.69) is 9.98 Å². The molecule has 26 heavy (non-hydrogen) atoms. The van der Waals surface area contributed by atoms with Crippen LogP contribution in [-0.2, 0) is 16.0 Å². The van der Waals surface area contributed by atoms with E-state index in [0.717, 1.165) is 0 Å². The molecule has 0 spiro atoms. The third kappa shape index (κ3) is 3.05. The average Bonchev–Trinajstić information content (AvgIpc) is 3.00. The number of carbonyl (C=O) groups is 2.